The van der Waals surface area contributed by atoms with E-state index in [1.165, 1.54) is 0 Å². The van der Waals surface area contributed by atoms with Gasteiger partial charge in [-0.2, -0.15) is 0 Å². The molecule has 2 aliphatic heterocycles. The molecule has 2 N–H and O–H groups in total. The summed E-state index contributed by atoms with van der Waals surface area (Å²) in [6, 6.07) is 0. The van der Waals surface area contributed by atoms with Crippen molar-refractivity contribution >= 4 is 5.91 Å². The van der Waals surface area contributed by atoms with E-state index < -0.39 is 0 Å². The van der Waals surface area contributed by atoms with Gasteiger partial charge in [0.25, 0.3) is 0 Å². The number of hydrogen-bond acceptors (Lipinski definition) is 4. The molecule has 2 fully saturated rings. The third-order valence-electron chi connectivity index (χ3n) is 3.57. The molecule has 0 aromatic rings. The van der Waals surface area contributed by atoms with Crippen LogP contribution in [-0.2, 0) is 14.3 Å². The maximum Gasteiger partial charge on any atom is 0.225 e. The van der Waals surface area contributed by atoms with Crippen LogP contribution in [0.2, 0.25) is 0 Å². The van der Waals surface area contributed by atoms with Gasteiger partial charge >= 0.3 is 0 Å². The predicted molar refractivity (Wildman–Crippen MR) is 68.4 cm³/mol. The van der Waals surface area contributed by atoms with Crippen LogP contribution in [0.5, 0.6) is 0 Å². The molecular weight excluding hydrogens is 232 g/mol. The fourth-order valence-electron chi connectivity index (χ4n) is 2.45. The summed E-state index contributed by atoms with van der Waals surface area (Å²) < 4.78 is 11.0. The van der Waals surface area contributed by atoms with Crippen molar-refractivity contribution in [1.82, 2.24) is 10.6 Å². The van der Waals surface area contributed by atoms with E-state index in [0.29, 0.717) is 25.9 Å². The molecule has 0 aromatic carbocycles. The molecule has 1 unspecified atom stereocenters. The topological polar surface area (TPSA) is 59.6 Å². The zero-order chi connectivity index (χ0) is 12.6. The van der Waals surface area contributed by atoms with Gasteiger partial charge in [-0.3, -0.25) is 4.79 Å². The fraction of sp³-hybridized carbons (Fsp3) is 0.923. The Labute approximate surface area is 109 Å². The molecule has 18 heavy (non-hydrogen) atoms. The number of ether oxygens (including phenoxy) is 2. The van der Waals surface area contributed by atoms with Gasteiger partial charge in [0.15, 0.2) is 0 Å². The molecule has 104 valence electrons. The first kappa shape index (κ1) is 13.8. The first-order chi connectivity index (χ1) is 8.86. The van der Waals surface area contributed by atoms with Crippen molar-refractivity contribution in [3.05, 3.63) is 0 Å². The number of amides is 1. The van der Waals surface area contributed by atoms with Crippen LogP contribution in [0.4, 0.5) is 0 Å². The molecule has 0 radical (unpaired) electrons. The molecule has 0 bridgehead atoms. The Balaban J connectivity index is 1.52. The summed E-state index contributed by atoms with van der Waals surface area (Å²) in [5, 5.41) is 6.24. The van der Waals surface area contributed by atoms with Gasteiger partial charge in [0.2, 0.25) is 5.91 Å². The maximum absolute atomic E-state index is 11.8. The highest BCUT2D eigenvalue weighted by molar-refractivity contribution is 5.78. The molecule has 0 aromatic heterocycles. The minimum Gasteiger partial charge on any atom is -0.381 e. The van der Waals surface area contributed by atoms with Gasteiger partial charge in [-0.1, -0.05) is 0 Å². The zero-order valence-electron chi connectivity index (χ0n) is 11.0. The molecule has 1 atom stereocenters. The number of rotatable bonds is 5. The number of carbonyl (C=O) groups is 1. The van der Waals surface area contributed by atoms with Crippen LogP contribution < -0.4 is 10.6 Å². The summed E-state index contributed by atoms with van der Waals surface area (Å²) in [6.07, 6.45) is 4.44. The predicted octanol–water partition coefficient (Wildman–Crippen LogP) is 0.298. The quantitative estimate of drug-likeness (QED) is 0.695. The third-order valence-corrected chi connectivity index (χ3v) is 3.57. The van der Waals surface area contributed by atoms with E-state index in [9.17, 15) is 4.79 Å². The number of carbonyl (C=O) groups excluding carboxylic acids is 1. The highest BCUT2D eigenvalue weighted by atomic mass is 16.5. The van der Waals surface area contributed by atoms with Gasteiger partial charge in [-0.25, -0.2) is 0 Å². The first-order valence-corrected chi connectivity index (χ1v) is 7.04. The molecule has 0 spiro atoms. The summed E-state index contributed by atoms with van der Waals surface area (Å²) >= 11 is 0. The standard InChI is InChI=1S/C13H24N2O3/c16-13(11-2-1-8-17-10-11)15-7-9-18-12-3-5-14-6-4-12/h11-12,14H,1-10H2,(H,15,16). The van der Waals surface area contributed by atoms with E-state index in [2.05, 4.69) is 10.6 Å². The third kappa shape index (κ3) is 4.55. The lowest BCUT2D eigenvalue weighted by molar-refractivity contribution is -0.129. The van der Waals surface area contributed by atoms with Gasteiger partial charge < -0.3 is 20.1 Å². The number of nitrogens with one attached hydrogen (secondary N) is 2. The summed E-state index contributed by atoms with van der Waals surface area (Å²) in [6.45, 7) is 4.67. The first-order valence-electron chi connectivity index (χ1n) is 7.04. The van der Waals surface area contributed by atoms with Gasteiger partial charge in [-0.15, -0.1) is 0 Å². The smallest absolute Gasteiger partial charge is 0.225 e. The van der Waals surface area contributed by atoms with Crippen molar-refractivity contribution in [2.75, 3.05) is 39.5 Å². The largest absolute Gasteiger partial charge is 0.381 e. The van der Waals surface area contributed by atoms with Crippen molar-refractivity contribution in [3.63, 3.8) is 0 Å². The summed E-state index contributed by atoms with van der Waals surface area (Å²) in [5.41, 5.74) is 0. The summed E-state index contributed by atoms with van der Waals surface area (Å²) in [5.74, 6) is 0.154. The maximum atomic E-state index is 11.8. The average molecular weight is 256 g/mol. The Kier molecular flexibility index (Phi) is 5.90. The van der Waals surface area contributed by atoms with Gasteiger partial charge in [0.1, 0.15) is 0 Å². The second kappa shape index (κ2) is 7.71. The Morgan fingerprint density at radius 2 is 2.17 bits per heavy atom. The highest BCUT2D eigenvalue weighted by Crippen LogP contribution is 2.13. The Bertz CT molecular complexity index is 249. The van der Waals surface area contributed by atoms with Gasteiger partial charge in [0, 0.05) is 13.2 Å². The Morgan fingerprint density at radius 1 is 1.33 bits per heavy atom. The van der Waals surface area contributed by atoms with Crippen molar-refractivity contribution in [3.8, 4) is 0 Å². The van der Waals surface area contributed by atoms with Crippen molar-refractivity contribution < 1.29 is 14.3 Å². The van der Waals surface area contributed by atoms with Gasteiger partial charge in [-0.05, 0) is 38.8 Å². The molecule has 2 aliphatic rings. The van der Waals surface area contributed by atoms with Gasteiger partial charge in [0.05, 0.1) is 25.2 Å². The molecule has 2 saturated heterocycles. The van der Waals surface area contributed by atoms with E-state index >= 15 is 0 Å². The molecule has 1 amide bonds. The molecule has 0 saturated carbocycles. The molecule has 5 heteroatoms. The van der Waals surface area contributed by atoms with E-state index in [1.807, 2.05) is 0 Å². The Hall–Kier alpha value is -0.650. The zero-order valence-corrected chi connectivity index (χ0v) is 11.0. The molecular formula is C13H24N2O3. The van der Waals surface area contributed by atoms with Crippen LogP contribution in [0.1, 0.15) is 25.7 Å². The molecule has 2 heterocycles. The van der Waals surface area contributed by atoms with Crippen molar-refractivity contribution in [1.29, 1.82) is 0 Å². The normalized spacial score (nSPS) is 25.9. The van der Waals surface area contributed by atoms with Crippen LogP contribution in [0.25, 0.3) is 0 Å². The van der Waals surface area contributed by atoms with Crippen molar-refractivity contribution in [2.45, 2.75) is 31.8 Å². The van der Waals surface area contributed by atoms with Crippen LogP contribution in [-0.4, -0.2) is 51.5 Å². The monoisotopic (exact) mass is 256 g/mol. The SMILES string of the molecule is O=C(NCCOC1CCNCC1)C1CCCOC1. The Morgan fingerprint density at radius 3 is 2.89 bits per heavy atom. The highest BCUT2D eigenvalue weighted by Gasteiger charge is 2.21. The summed E-state index contributed by atoms with van der Waals surface area (Å²) in [7, 11) is 0. The fourth-order valence-corrected chi connectivity index (χ4v) is 2.45. The summed E-state index contributed by atoms with van der Waals surface area (Å²) in [4.78, 5) is 11.8. The molecule has 2 rings (SSSR count). The molecule has 0 aliphatic carbocycles. The minimum atomic E-state index is 0.0395. The van der Waals surface area contributed by atoms with Crippen molar-refractivity contribution in [2.24, 2.45) is 5.92 Å². The van der Waals surface area contributed by atoms with E-state index in [0.717, 1.165) is 45.4 Å². The lowest BCUT2D eigenvalue weighted by Gasteiger charge is -2.24. The lowest BCUT2D eigenvalue weighted by Crippen LogP contribution is -2.38. The van der Waals surface area contributed by atoms with E-state index in [1.54, 1.807) is 0 Å². The van der Waals surface area contributed by atoms with Crippen LogP contribution in [0.3, 0.4) is 0 Å². The van der Waals surface area contributed by atoms with E-state index in [-0.39, 0.29) is 11.8 Å². The minimum absolute atomic E-state index is 0.0395. The van der Waals surface area contributed by atoms with Crippen LogP contribution in [0.15, 0.2) is 0 Å². The number of hydrogen-bond donors (Lipinski definition) is 2. The average Bonchev–Trinajstić information content (AvgIpc) is 2.45. The van der Waals surface area contributed by atoms with E-state index in [4.69, 9.17) is 9.47 Å². The number of piperidine rings is 1. The van der Waals surface area contributed by atoms with Crippen LogP contribution >= 0.6 is 0 Å². The molecule has 5 nitrogen and oxygen atoms in total. The van der Waals surface area contributed by atoms with Crippen LogP contribution in [0, 0.1) is 5.92 Å². The lowest BCUT2D eigenvalue weighted by atomic mass is 10.0. The second-order valence-electron chi connectivity index (χ2n) is 5.03. The second-order valence-corrected chi connectivity index (χ2v) is 5.03.